The number of methoxy groups -OCH3 is 1. The molecule has 1 aromatic rings. The van der Waals surface area contributed by atoms with Crippen molar-refractivity contribution in [3.05, 3.63) is 23.3 Å². The normalized spacial score (nSPS) is 18.3. The van der Waals surface area contributed by atoms with Gasteiger partial charge < -0.3 is 9.64 Å². The van der Waals surface area contributed by atoms with Gasteiger partial charge in [0.1, 0.15) is 5.75 Å². The van der Waals surface area contributed by atoms with Gasteiger partial charge in [-0.1, -0.05) is 13.8 Å². The highest BCUT2D eigenvalue weighted by molar-refractivity contribution is 7.89. The molecule has 1 atom stereocenters. The fourth-order valence-electron chi connectivity index (χ4n) is 3.49. The van der Waals surface area contributed by atoms with Crippen LogP contribution in [0.3, 0.4) is 0 Å². The van der Waals surface area contributed by atoms with Crippen molar-refractivity contribution in [3.8, 4) is 5.75 Å². The van der Waals surface area contributed by atoms with E-state index in [9.17, 15) is 8.42 Å². The predicted molar refractivity (Wildman–Crippen MR) is 105 cm³/mol. The Hall–Kier alpha value is -1.15. The molecule has 1 heterocycles. The van der Waals surface area contributed by atoms with Crippen LogP contribution < -0.4 is 9.46 Å². The number of hydrogen-bond donors (Lipinski definition) is 1. The number of ether oxygens (including phenoxy) is 1. The predicted octanol–water partition coefficient (Wildman–Crippen LogP) is 1.86. The largest absolute Gasteiger partial charge is 0.496 e. The molecule has 6 nitrogen and oxygen atoms in total. The molecule has 0 saturated carbocycles. The molecule has 1 aliphatic heterocycles. The molecule has 0 aliphatic carbocycles. The van der Waals surface area contributed by atoms with Gasteiger partial charge in [-0.15, -0.1) is 0 Å². The zero-order valence-corrected chi connectivity index (χ0v) is 17.7. The SMILES string of the molecule is COc1cc(C)c(S(=O)(=O)NCC(C(C)C)N2CCN(C)CC2)cc1C. The van der Waals surface area contributed by atoms with Gasteiger partial charge in [-0.2, -0.15) is 0 Å². The highest BCUT2D eigenvalue weighted by atomic mass is 32.2. The number of nitrogens with one attached hydrogen (secondary N) is 1. The minimum absolute atomic E-state index is 0.193. The van der Waals surface area contributed by atoms with Gasteiger partial charge in [0.2, 0.25) is 10.0 Å². The summed E-state index contributed by atoms with van der Waals surface area (Å²) < 4.78 is 33.9. The Balaban J connectivity index is 2.14. The lowest BCUT2D eigenvalue weighted by molar-refractivity contribution is 0.0905. The molecule has 0 amide bonds. The molecule has 0 spiro atoms. The summed E-state index contributed by atoms with van der Waals surface area (Å²) in [6, 6.07) is 3.67. The van der Waals surface area contributed by atoms with E-state index in [2.05, 4.69) is 35.4 Å². The highest BCUT2D eigenvalue weighted by Crippen LogP contribution is 2.25. The van der Waals surface area contributed by atoms with Crippen molar-refractivity contribution in [3.63, 3.8) is 0 Å². The minimum atomic E-state index is -3.56. The fraction of sp³-hybridized carbons (Fsp3) is 0.684. The van der Waals surface area contributed by atoms with Crippen LogP contribution in [0.4, 0.5) is 0 Å². The van der Waals surface area contributed by atoms with Crippen molar-refractivity contribution < 1.29 is 13.2 Å². The lowest BCUT2D eigenvalue weighted by Crippen LogP contribution is -2.54. The van der Waals surface area contributed by atoms with E-state index in [1.807, 2.05) is 6.92 Å². The topological polar surface area (TPSA) is 61.9 Å². The molecule has 7 heteroatoms. The molecule has 1 aromatic carbocycles. The van der Waals surface area contributed by atoms with Gasteiger partial charge in [0.25, 0.3) is 0 Å². The van der Waals surface area contributed by atoms with Crippen molar-refractivity contribution in [2.45, 2.75) is 38.6 Å². The van der Waals surface area contributed by atoms with Gasteiger partial charge in [-0.05, 0) is 50.1 Å². The maximum atomic E-state index is 12.9. The summed E-state index contributed by atoms with van der Waals surface area (Å²) in [7, 11) is 0.160. The second-order valence-corrected chi connectivity index (χ2v) is 9.33. The summed E-state index contributed by atoms with van der Waals surface area (Å²) in [4.78, 5) is 5.04. The smallest absolute Gasteiger partial charge is 0.240 e. The molecule has 0 radical (unpaired) electrons. The van der Waals surface area contributed by atoms with Gasteiger partial charge >= 0.3 is 0 Å². The summed E-state index contributed by atoms with van der Waals surface area (Å²) in [6.45, 7) is 12.4. The van der Waals surface area contributed by atoms with Crippen LogP contribution in [0, 0.1) is 19.8 Å². The monoisotopic (exact) mass is 383 g/mol. The van der Waals surface area contributed by atoms with Crippen LogP contribution in [0.15, 0.2) is 17.0 Å². The summed E-state index contributed by atoms with van der Waals surface area (Å²) in [5, 5.41) is 0. The Morgan fingerprint density at radius 1 is 1.12 bits per heavy atom. The van der Waals surface area contributed by atoms with Crippen molar-refractivity contribution in [2.24, 2.45) is 5.92 Å². The standard InChI is InChI=1S/C19H33N3O3S/c1-14(2)17(22-9-7-21(5)8-10-22)13-20-26(23,24)19-12-15(3)18(25-6)11-16(19)4/h11-12,14,17,20H,7-10,13H2,1-6H3. The average molecular weight is 384 g/mol. The van der Waals surface area contributed by atoms with Crippen molar-refractivity contribution >= 4 is 10.0 Å². The maximum absolute atomic E-state index is 12.9. The van der Waals surface area contributed by atoms with Crippen molar-refractivity contribution in [1.29, 1.82) is 0 Å². The van der Waals surface area contributed by atoms with Gasteiger partial charge in [0.05, 0.1) is 12.0 Å². The van der Waals surface area contributed by atoms with E-state index in [0.717, 1.165) is 31.7 Å². The van der Waals surface area contributed by atoms with Crippen LogP contribution in [0.1, 0.15) is 25.0 Å². The lowest BCUT2D eigenvalue weighted by atomic mass is 10.0. The Morgan fingerprint density at radius 2 is 1.73 bits per heavy atom. The number of nitrogens with zero attached hydrogens (tertiary/aromatic N) is 2. The molecular formula is C19H33N3O3S. The summed E-state index contributed by atoms with van der Waals surface area (Å²) in [5.74, 6) is 1.08. The van der Waals surface area contributed by atoms with E-state index in [1.54, 1.807) is 26.2 Å². The van der Waals surface area contributed by atoms with Crippen molar-refractivity contribution in [1.82, 2.24) is 14.5 Å². The first-order chi connectivity index (χ1) is 12.2. The van der Waals surface area contributed by atoms with Gasteiger partial charge in [-0.25, -0.2) is 13.1 Å². The second-order valence-electron chi connectivity index (χ2n) is 7.59. The van der Waals surface area contributed by atoms with Crippen LogP contribution in [0.5, 0.6) is 5.75 Å². The van der Waals surface area contributed by atoms with Crippen LogP contribution in [0.25, 0.3) is 0 Å². The third-order valence-corrected chi connectivity index (χ3v) is 6.81. The van der Waals surface area contributed by atoms with Crippen LogP contribution in [-0.2, 0) is 10.0 Å². The van der Waals surface area contributed by atoms with Crippen molar-refractivity contribution in [2.75, 3.05) is 46.9 Å². The highest BCUT2D eigenvalue weighted by Gasteiger charge is 2.27. The molecule has 1 aliphatic rings. The summed E-state index contributed by atoms with van der Waals surface area (Å²) >= 11 is 0. The minimum Gasteiger partial charge on any atom is -0.496 e. The van der Waals surface area contributed by atoms with E-state index >= 15 is 0 Å². The molecule has 1 N–H and O–H groups in total. The summed E-state index contributed by atoms with van der Waals surface area (Å²) in [6.07, 6.45) is 0. The lowest BCUT2D eigenvalue weighted by Gasteiger charge is -2.39. The number of rotatable bonds is 7. The Kier molecular flexibility index (Phi) is 7.07. The first-order valence-corrected chi connectivity index (χ1v) is 10.7. The zero-order valence-electron chi connectivity index (χ0n) is 16.9. The number of piperazine rings is 1. The second kappa shape index (κ2) is 8.69. The average Bonchev–Trinajstić information content (AvgIpc) is 2.57. The number of sulfonamides is 1. The van der Waals surface area contributed by atoms with Gasteiger partial charge in [-0.3, -0.25) is 4.90 Å². The van der Waals surface area contributed by atoms with Gasteiger partial charge in [0.15, 0.2) is 0 Å². The van der Waals surface area contributed by atoms with Crippen LogP contribution in [-0.4, -0.2) is 71.1 Å². The molecule has 2 rings (SSSR count). The van der Waals surface area contributed by atoms with E-state index in [0.29, 0.717) is 28.7 Å². The van der Waals surface area contributed by atoms with Crippen LogP contribution in [0.2, 0.25) is 0 Å². The molecular weight excluding hydrogens is 350 g/mol. The third-order valence-electron chi connectivity index (χ3n) is 5.24. The molecule has 1 unspecified atom stereocenters. The molecule has 26 heavy (non-hydrogen) atoms. The van der Waals surface area contributed by atoms with E-state index in [1.165, 1.54) is 0 Å². The number of likely N-dealkylation sites (N-methyl/N-ethyl adjacent to an activating group) is 1. The van der Waals surface area contributed by atoms with E-state index in [4.69, 9.17) is 4.74 Å². The Bertz CT molecular complexity index is 711. The van der Waals surface area contributed by atoms with Gasteiger partial charge in [0, 0.05) is 38.8 Å². The van der Waals surface area contributed by atoms with E-state index < -0.39 is 10.0 Å². The molecule has 0 bridgehead atoms. The first-order valence-electron chi connectivity index (χ1n) is 9.23. The number of aryl methyl sites for hydroxylation is 2. The molecule has 0 aromatic heterocycles. The summed E-state index contributed by atoms with van der Waals surface area (Å²) in [5.41, 5.74) is 1.51. The fourth-order valence-corrected chi connectivity index (χ4v) is 4.85. The van der Waals surface area contributed by atoms with E-state index in [-0.39, 0.29) is 6.04 Å². The molecule has 1 saturated heterocycles. The van der Waals surface area contributed by atoms with Crippen LogP contribution >= 0.6 is 0 Å². The maximum Gasteiger partial charge on any atom is 0.240 e. The Morgan fingerprint density at radius 3 is 2.27 bits per heavy atom. The third kappa shape index (κ3) is 4.97. The molecule has 148 valence electrons. The zero-order chi connectivity index (χ0) is 19.5. The quantitative estimate of drug-likeness (QED) is 0.779. The molecule has 1 fully saturated rings. The number of hydrogen-bond acceptors (Lipinski definition) is 5. The Labute approximate surface area is 158 Å². The number of benzene rings is 1. The first kappa shape index (κ1) is 21.2.